The van der Waals surface area contributed by atoms with E-state index in [-0.39, 0.29) is 100.0 Å². The molecule has 9 aromatic carbocycles. The average molecular weight is 1740 g/mol. The highest BCUT2D eigenvalue weighted by Crippen LogP contribution is 2.48. The van der Waals surface area contributed by atoms with Gasteiger partial charge in [0.15, 0.2) is 0 Å². The summed E-state index contributed by atoms with van der Waals surface area (Å²) in [5, 5.41) is 0. The molecular formula is C124H187F3. The molecule has 0 N–H and O–H groups in total. The van der Waals surface area contributed by atoms with Crippen molar-refractivity contribution in [1.29, 1.82) is 0 Å². The van der Waals surface area contributed by atoms with Crippen LogP contribution in [0.5, 0.6) is 0 Å². The van der Waals surface area contributed by atoms with Gasteiger partial charge in [-0.2, -0.15) is 13.2 Å². The maximum absolute atomic E-state index is 12.8. The van der Waals surface area contributed by atoms with Gasteiger partial charge < -0.3 is 0 Å². The molecular weight excluding hydrogens is 1550 g/mol. The van der Waals surface area contributed by atoms with Crippen LogP contribution < -0.4 is 0 Å². The van der Waals surface area contributed by atoms with Gasteiger partial charge in [0.2, 0.25) is 0 Å². The van der Waals surface area contributed by atoms with Gasteiger partial charge in [-0.3, -0.25) is 0 Å². The standard InChI is InChI=1S/C22H38.C21H28.C20H26.C18H30.C16H26.C15H24.C12H15F3/c1-19(2,3)15-13-16(20(4,5)6)18(22(10,11)12)17(14-15)21(7,8)9;1-15-10-8-11-16(14-15)17-12-9-13-18(20(2,3)4)19(17)21(5,6)7;1-19(2,3)17-14-10-13-16(18(17)20(4,5)6)15-11-8-7-9-12-15;1-16(2,3)13-10-11-14(17(4,5)6)15(12-13)18(7,8)9;1-12(15(2,3)4)13-8-10-14(11-9-13)16(5,6)7;1-14(2,3)11-12-7-9-13(10-8-12)15(4,5)6;1-8-6-5-7-9(12(13,14)15)10(8)11(2,3)4/h13-14H,1-12H3;8-14H,1-7H3;7-14H,1-6H3;10-12H,1-9H3;8-12H,1-7H3;7-10H,11H2,1-6H3;5-7H,1-4H3/i;8D,10D,11D,14D;;;12D;;. The molecule has 0 aliphatic rings. The Balaban J connectivity index is 0.000000400. The second kappa shape index (κ2) is 41.7. The first kappa shape index (κ1) is 105. The van der Waals surface area contributed by atoms with E-state index < -0.39 is 23.0 Å². The molecule has 0 aromatic heterocycles. The zero-order chi connectivity index (χ0) is 103. The van der Waals surface area contributed by atoms with Gasteiger partial charge in [-0.15, -0.1) is 0 Å². The zero-order valence-electron chi connectivity index (χ0n) is 95.9. The van der Waals surface area contributed by atoms with E-state index in [0.717, 1.165) is 29.2 Å². The quantitative estimate of drug-likeness (QED) is 0.165. The maximum Gasteiger partial charge on any atom is 0.416 e. The third-order valence-electron chi connectivity index (χ3n) is 23.4. The molecule has 0 aliphatic heterocycles. The molecule has 1 atom stereocenters. The summed E-state index contributed by atoms with van der Waals surface area (Å²) in [6, 6.07) is 57.4. The predicted molar refractivity (Wildman–Crippen MR) is 563 cm³/mol. The smallest absolute Gasteiger partial charge is 0.166 e. The SMILES string of the molecule is CC(C)(C)Cc1ccc(C(C)(C)C)cc1.CC(C)(C)c1cc(C(C)(C)C)c(C(C)(C)C)c(C(C)(C)C)c1.CC(C)(C)c1ccc(C(C)(C)C)c(C(C)(C)C)c1.CC(C)(C)c1cccc(-c2ccccc2)c1C(C)(C)C.Cc1cccc(C(F)(F)F)c1C(C)(C)C.[2H]C(C)(c1ccc(C(C)(C)C)cc1)C(C)(C)C.[2H]c1c([2H])c(C)c([2H])c(-c2cccc(C(C)(C)C)c2C(C)(C)C)c1[2H]. The van der Waals surface area contributed by atoms with Crippen LogP contribution in [0.3, 0.4) is 0 Å². The van der Waals surface area contributed by atoms with Crippen molar-refractivity contribution < 1.29 is 20.0 Å². The van der Waals surface area contributed by atoms with Crippen LogP contribution in [-0.4, -0.2) is 0 Å². The number of hydrogen-bond acceptors (Lipinski definition) is 0. The highest BCUT2D eigenvalue weighted by Gasteiger charge is 2.39. The van der Waals surface area contributed by atoms with Crippen molar-refractivity contribution in [3.63, 3.8) is 0 Å². The Kier molecular flexibility index (Phi) is 34.5. The molecule has 0 aliphatic carbocycles. The van der Waals surface area contributed by atoms with Crippen LogP contribution in [0.1, 0.15) is 458 Å². The van der Waals surface area contributed by atoms with Crippen LogP contribution in [0.4, 0.5) is 13.2 Å². The molecule has 0 amide bonds. The average Bonchev–Trinajstić information content (AvgIpc) is 0.750. The molecule has 704 valence electrons. The van der Waals surface area contributed by atoms with Crippen LogP contribution >= 0.6 is 0 Å². The van der Waals surface area contributed by atoms with E-state index in [9.17, 15) is 13.2 Å². The Morgan fingerprint density at radius 2 is 0.606 bits per heavy atom. The Morgan fingerprint density at radius 3 is 0.929 bits per heavy atom. The lowest BCUT2D eigenvalue weighted by molar-refractivity contribution is -0.138. The lowest BCUT2D eigenvalue weighted by Crippen LogP contribution is -2.29. The largest absolute Gasteiger partial charge is 0.416 e. The predicted octanol–water partition coefficient (Wildman–Crippen LogP) is 38.7. The van der Waals surface area contributed by atoms with Gasteiger partial charge in [0.05, 0.1) is 11.0 Å². The summed E-state index contributed by atoms with van der Waals surface area (Å²) in [6.07, 6.45) is -3.12. The third kappa shape index (κ3) is 35.1. The monoisotopic (exact) mass is 1740 g/mol. The summed E-state index contributed by atoms with van der Waals surface area (Å²) < 4.78 is 79.8. The van der Waals surface area contributed by atoms with Gasteiger partial charge in [0, 0.05) is 1.37 Å². The van der Waals surface area contributed by atoms with Crippen molar-refractivity contribution in [2.45, 2.75) is 447 Å². The fourth-order valence-corrected chi connectivity index (χ4v) is 16.2. The van der Waals surface area contributed by atoms with E-state index in [1.807, 2.05) is 19.1 Å². The Labute approximate surface area is 789 Å². The van der Waals surface area contributed by atoms with Crippen molar-refractivity contribution in [3.05, 3.63) is 294 Å². The van der Waals surface area contributed by atoms with Gasteiger partial charge in [-0.1, -0.05) is 527 Å². The number of aryl methyl sites for hydroxylation is 1. The van der Waals surface area contributed by atoms with Gasteiger partial charge >= 0.3 is 6.18 Å². The molecule has 0 spiro atoms. The van der Waals surface area contributed by atoms with E-state index in [4.69, 9.17) is 6.85 Å². The van der Waals surface area contributed by atoms with Gasteiger partial charge in [0.25, 0.3) is 0 Å². The van der Waals surface area contributed by atoms with Crippen LogP contribution in [0.15, 0.2) is 188 Å². The molecule has 0 heterocycles. The molecule has 0 nitrogen and oxygen atoms in total. The fourth-order valence-electron chi connectivity index (χ4n) is 16.2. The van der Waals surface area contributed by atoms with Gasteiger partial charge in [0.1, 0.15) is 0 Å². The summed E-state index contributed by atoms with van der Waals surface area (Å²) in [5.41, 5.74) is 27.5. The Bertz CT molecular complexity index is 5170. The molecule has 3 heteroatoms. The molecule has 127 heavy (non-hydrogen) atoms. The highest BCUT2D eigenvalue weighted by atomic mass is 19.4. The molecule has 9 aromatic rings. The molecule has 0 saturated heterocycles. The van der Waals surface area contributed by atoms with E-state index in [1.54, 1.807) is 46.2 Å². The van der Waals surface area contributed by atoms with E-state index in [2.05, 4.69) is 445 Å². The molecule has 1 unspecified atom stereocenters. The second-order valence-electron chi connectivity index (χ2n) is 52.9. The van der Waals surface area contributed by atoms with Crippen LogP contribution in [0, 0.1) is 24.7 Å². The van der Waals surface area contributed by atoms with E-state index in [0.29, 0.717) is 27.7 Å². The van der Waals surface area contributed by atoms with Crippen LogP contribution in [0.25, 0.3) is 22.3 Å². The van der Waals surface area contributed by atoms with Crippen molar-refractivity contribution in [3.8, 4) is 22.3 Å². The number of hydrogen-bond donors (Lipinski definition) is 0. The van der Waals surface area contributed by atoms with Gasteiger partial charge in [-0.05, 0) is 236 Å². The number of alkyl halides is 3. The Hall–Kier alpha value is -7.23. The van der Waals surface area contributed by atoms with Crippen molar-refractivity contribution in [2.75, 3.05) is 0 Å². The zero-order valence-corrected chi connectivity index (χ0v) is 90.9. The summed E-state index contributed by atoms with van der Waals surface area (Å²) in [5.74, 6) is -0.552. The lowest BCUT2D eigenvalue weighted by atomic mass is 9.66. The first-order valence-corrected chi connectivity index (χ1v) is 47.2. The van der Waals surface area contributed by atoms with Crippen LogP contribution in [-0.2, 0) is 88.4 Å². The maximum atomic E-state index is 12.8. The lowest BCUT2D eigenvalue weighted by Gasteiger charge is -2.38. The molecule has 0 fully saturated rings. The second-order valence-corrected chi connectivity index (χ2v) is 52.9. The first-order chi connectivity index (χ1) is 58.6. The number of rotatable bonds is 4. The van der Waals surface area contributed by atoms with E-state index >= 15 is 0 Å². The third-order valence-corrected chi connectivity index (χ3v) is 23.4. The molecule has 9 rings (SSSR count). The van der Waals surface area contributed by atoms with Gasteiger partial charge in [-0.25, -0.2) is 0 Å². The normalized spacial score (nSPS) is 14.2. The van der Waals surface area contributed by atoms with Crippen molar-refractivity contribution in [2.24, 2.45) is 10.8 Å². The van der Waals surface area contributed by atoms with Crippen molar-refractivity contribution >= 4 is 0 Å². The number of benzene rings is 9. The highest BCUT2D eigenvalue weighted by molar-refractivity contribution is 5.73. The van der Waals surface area contributed by atoms with E-state index in [1.165, 1.54) is 84.0 Å². The molecule has 0 bridgehead atoms. The minimum atomic E-state index is -4.27. The molecule has 0 saturated carbocycles. The summed E-state index contributed by atoms with van der Waals surface area (Å²) in [4.78, 5) is 0. The minimum absolute atomic E-state index is 0.0250. The summed E-state index contributed by atoms with van der Waals surface area (Å²) >= 11 is 0. The summed E-state index contributed by atoms with van der Waals surface area (Å²) in [7, 11) is 0. The minimum Gasteiger partial charge on any atom is -0.166 e. The molecule has 0 radical (unpaired) electrons. The number of halogens is 3. The van der Waals surface area contributed by atoms with Crippen LogP contribution in [0.2, 0.25) is 0 Å². The first-order valence-electron chi connectivity index (χ1n) is 49.7. The topological polar surface area (TPSA) is 0 Å². The summed E-state index contributed by atoms with van der Waals surface area (Å²) in [6.45, 7) is 113. The fraction of sp³-hybridized carbons (Fsp3) is 0.565. The van der Waals surface area contributed by atoms with Crippen molar-refractivity contribution in [1.82, 2.24) is 0 Å². The Morgan fingerprint density at radius 1 is 0.276 bits per heavy atom.